The Morgan fingerprint density at radius 1 is 1.21 bits per heavy atom. The molecule has 1 aromatic rings. The molecule has 0 amide bonds. The Kier molecular flexibility index (Phi) is 6.38. The summed E-state index contributed by atoms with van der Waals surface area (Å²) in [6.45, 7) is 7.18. The highest BCUT2D eigenvalue weighted by atomic mass is 15.1. The second kappa shape index (κ2) is 8.34. The molecule has 1 unspecified atom stereocenters. The van der Waals surface area contributed by atoms with Gasteiger partial charge in [-0.05, 0) is 57.3 Å². The number of hydrogen-bond donors (Lipinski definition) is 1. The molecule has 0 bridgehead atoms. The number of nitrogens with zero attached hydrogens (tertiary/aromatic N) is 1. The Morgan fingerprint density at radius 3 is 2.74 bits per heavy atom. The van der Waals surface area contributed by atoms with E-state index in [2.05, 4.69) is 47.5 Å². The number of hydrogen-bond acceptors (Lipinski definition) is 2. The lowest BCUT2D eigenvalue weighted by Gasteiger charge is -2.24. The molecule has 0 saturated carbocycles. The van der Waals surface area contributed by atoms with Crippen LogP contribution < -0.4 is 5.32 Å². The van der Waals surface area contributed by atoms with Crippen LogP contribution >= 0.6 is 0 Å². The number of nitrogens with one attached hydrogen (secondary N) is 1. The van der Waals surface area contributed by atoms with Crippen molar-refractivity contribution in [3.63, 3.8) is 0 Å². The van der Waals surface area contributed by atoms with Gasteiger partial charge in [0.2, 0.25) is 0 Å². The molecular formula is C17H28N2. The number of benzene rings is 1. The van der Waals surface area contributed by atoms with Gasteiger partial charge >= 0.3 is 0 Å². The van der Waals surface area contributed by atoms with E-state index < -0.39 is 0 Å². The lowest BCUT2D eigenvalue weighted by atomic mass is 10.1. The first kappa shape index (κ1) is 14.5. The molecule has 0 radical (unpaired) electrons. The molecule has 0 spiro atoms. The predicted octanol–water partition coefficient (Wildman–Crippen LogP) is 3.08. The minimum Gasteiger partial charge on any atom is -0.313 e. The van der Waals surface area contributed by atoms with Crippen molar-refractivity contribution in [1.29, 1.82) is 0 Å². The van der Waals surface area contributed by atoms with Gasteiger partial charge in [-0.15, -0.1) is 0 Å². The van der Waals surface area contributed by atoms with Gasteiger partial charge in [0, 0.05) is 12.6 Å². The third kappa shape index (κ3) is 5.33. The molecule has 0 aromatic heterocycles. The zero-order chi connectivity index (χ0) is 13.3. The first-order valence-electron chi connectivity index (χ1n) is 7.88. The van der Waals surface area contributed by atoms with Gasteiger partial charge in [-0.1, -0.05) is 37.3 Å². The summed E-state index contributed by atoms with van der Waals surface area (Å²) in [5.41, 5.74) is 1.48. The lowest BCUT2D eigenvalue weighted by molar-refractivity contribution is 0.256. The Labute approximate surface area is 118 Å². The lowest BCUT2D eigenvalue weighted by Crippen LogP contribution is -2.37. The van der Waals surface area contributed by atoms with E-state index >= 15 is 0 Å². The molecule has 1 aliphatic heterocycles. The normalized spacial score (nSPS) is 19.2. The Hall–Kier alpha value is -0.860. The highest BCUT2D eigenvalue weighted by Gasteiger charge is 2.16. The van der Waals surface area contributed by atoms with E-state index in [1.165, 1.54) is 63.8 Å². The van der Waals surface area contributed by atoms with Crippen molar-refractivity contribution in [3.05, 3.63) is 35.9 Å². The van der Waals surface area contributed by atoms with Gasteiger partial charge in [0.15, 0.2) is 0 Å². The molecule has 1 heterocycles. The zero-order valence-corrected chi connectivity index (χ0v) is 12.3. The van der Waals surface area contributed by atoms with Crippen LogP contribution in [0.5, 0.6) is 0 Å². The molecule has 1 atom stereocenters. The summed E-state index contributed by atoms with van der Waals surface area (Å²) in [5, 5.41) is 3.60. The van der Waals surface area contributed by atoms with E-state index in [0.29, 0.717) is 0 Å². The van der Waals surface area contributed by atoms with Gasteiger partial charge in [0.25, 0.3) is 0 Å². The van der Waals surface area contributed by atoms with E-state index in [0.717, 1.165) is 6.04 Å². The molecule has 19 heavy (non-hydrogen) atoms. The van der Waals surface area contributed by atoms with E-state index in [1.54, 1.807) is 0 Å². The first-order chi connectivity index (χ1) is 9.38. The molecule has 1 aliphatic rings. The van der Waals surface area contributed by atoms with Gasteiger partial charge < -0.3 is 10.2 Å². The maximum absolute atomic E-state index is 3.60. The van der Waals surface area contributed by atoms with E-state index in [9.17, 15) is 0 Å². The van der Waals surface area contributed by atoms with Gasteiger partial charge in [-0.2, -0.15) is 0 Å². The van der Waals surface area contributed by atoms with Crippen LogP contribution in [-0.4, -0.2) is 37.1 Å². The maximum atomic E-state index is 3.60. The van der Waals surface area contributed by atoms with Crippen LogP contribution in [0.25, 0.3) is 0 Å². The Balaban J connectivity index is 1.60. The van der Waals surface area contributed by atoms with Gasteiger partial charge in [-0.3, -0.25) is 0 Å². The smallest absolute Gasteiger partial charge is 0.0195 e. The minimum atomic E-state index is 0.745. The molecule has 106 valence electrons. The van der Waals surface area contributed by atoms with Crippen LogP contribution in [0.2, 0.25) is 0 Å². The number of unbranched alkanes of at least 4 members (excludes halogenated alkanes) is 1. The van der Waals surface area contributed by atoms with Crippen LogP contribution in [0.1, 0.15) is 38.2 Å². The van der Waals surface area contributed by atoms with Crippen LogP contribution in [0.4, 0.5) is 0 Å². The summed E-state index contributed by atoms with van der Waals surface area (Å²) < 4.78 is 0. The molecule has 1 saturated heterocycles. The van der Waals surface area contributed by atoms with Crippen molar-refractivity contribution in [3.8, 4) is 0 Å². The van der Waals surface area contributed by atoms with Gasteiger partial charge in [0.05, 0.1) is 0 Å². The monoisotopic (exact) mass is 260 g/mol. The van der Waals surface area contributed by atoms with Crippen molar-refractivity contribution < 1.29 is 0 Å². The summed E-state index contributed by atoms with van der Waals surface area (Å²) in [6, 6.07) is 11.6. The first-order valence-corrected chi connectivity index (χ1v) is 7.88. The minimum absolute atomic E-state index is 0.745. The fourth-order valence-electron chi connectivity index (χ4n) is 2.91. The van der Waals surface area contributed by atoms with Crippen molar-refractivity contribution in [1.82, 2.24) is 10.2 Å². The Morgan fingerprint density at radius 2 is 2.05 bits per heavy atom. The highest BCUT2D eigenvalue weighted by molar-refractivity contribution is 5.14. The van der Waals surface area contributed by atoms with Crippen molar-refractivity contribution >= 4 is 0 Å². The fourth-order valence-corrected chi connectivity index (χ4v) is 2.91. The summed E-state index contributed by atoms with van der Waals surface area (Å²) >= 11 is 0. The molecule has 2 nitrogen and oxygen atoms in total. The number of rotatable bonds is 8. The third-order valence-corrected chi connectivity index (χ3v) is 4.12. The standard InChI is InChI=1S/C17H28N2/c1-2-19(15-17-12-8-13-18-17)14-7-6-11-16-9-4-3-5-10-16/h3-5,9-10,17-18H,2,6-8,11-15H2,1H3. The maximum Gasteiger partial charge on any atom is 0.0195 e. The Bertz CT molecular complexity index is 330. The second-order valence-corrected chi connectivity index (χ2v) is 5.63. The summed E-state index contributed by atoms with van der Waals surface area (Å²) in [5.74, 6) is 0. The molecular weight excluding hydrogens is 232 g/mol. The molecule has 1 fully saturated rings. The van der Waals surface area contributed by atoms with Gasteiger partial charge in [-0.25, -0.2) is 0 Å². The van der Waals surface area contributed by atoms with Crippen molar-refractivity contribution in [2.45, 2.75) is 45.1 Å². The van der Waals surface area contributed by atoms with E-state index in [4.69, 9.17) is 0 Å². The number of aryl methyl sites for hydroxylation is 1. The zero-order valence-electron chi connectivity index (χ0n) is 12.3. The SMILES string of the molecule is CCN(CCCCc1ccccc1)CC1CCCN1. The molecule has 1 aromatic carbocycles. The van der Waals surface area contributed by atoms with Crippen LogP contribution in [0.15, 0.2) is 30.3 Å². The fraction of sp³-hybridized carbons (Fsp3) is 0.647. The average Bonchev–Trinajstić information content (AvgIpc) is 2.96. The average molecular weight is 260 g/mol. The molecule has 2 rings (SSSR count). The van der Waals surface area contributed by atoms with Crippen LogP contribution in [0.3, 0.4) is 0 Å². The predicted molar refractivity (Wildman–Crippen MR) is 82.5 cm³/mol. The van der Waals surface area contributed by atoms with Crippen molar-refractivity contribution in [2.75, 3.05) is 26.2 Å². The largest absolute Gasteiger partial charge is 0.313 e. The summed E-state index contributed by atoms with van der Waals surface area (Å²) in [6.07, 6.45) is 6.56. The van der Waals surface area contributed by atoms with Gasteiger partial charge in [0.1, 0.15) is 0 Å². The molecule has 1 N–H and O–H groups in total. The van der Waals surface area contributed by atoms with E-state index in [1.807, 2.05) is 0 Å². The quantitative estimate of drug-likeness (QED) is 0.723. The number of likely N-dealkylation sites (N-methyl/N-ethyl adjacent to an activating group) is 1. The summed E-state index contributed by atoms with van der Waals surface area (Å²) in [7, 11) is 0. The topological polar surface area (TPSA) is 15.3 Å². The second-order valence-electron chi connectivity index (χ2n) is 5.63. The third-order valence-electron chi connectivity index (χ3n) is 4.12. The van der Waals surface area contributed by atoms with Crippen molar-refractivity contribution in [2.24, 2.45) is 0 Å². The van der Waals surface area contributed by atoms with Crippen LogP contribution in [-0.2, 0) is 6.42 Å². The molecule has 2 heteroatoms. The highest BCUT2D eigenvalue weighted by Crippen LogP contribution is 2.09. The van der Waals surface area contributed by atoms with E-state index in [-0.39, 0.29) is 0 Å². The molecule has 0 aliphatic carbocycles. The summed E-state index contributed by atoms with van der Waals surface area (Å²) in [4.78, 5) is 2.61. The van der Waals surface area contributed by atoms with Crippen LogP contribution in [0, 0.1) is 0 Å².